The molecule has 8 nitrogen and oxygen atoms in total. The quantitative estimate of drug-likeness (QED) is 0.646. The summed E-state index contributed by atoms with van der Waals surface area (Å²) in [6.45, 7) is 7.77. The van der Waals surface area contributed by atoms with Gasteiger partial charge in [-0.3, -0.25) is 9.59 Å². The molecule has 1 saturated heterocycles. The number of aliphatic carboxylic acids is 1. The zero-order valence-corrected chi connectivity index (χ0v) is 18.8. The summed E-state index contributed by atoms with van der Waals surface area (Å²) in [6.07, 6.45) is 3.29. The van der Waals surface area contributed by atoms with Gasteiger partial charge in [-0.1, -0.05) is 13.8 Å². The van der Waals surface area contributed by atoms with Crippen molar-refractivity contribution in [3.63, 3.8) is 0 Å². The predicted octanol–water partition coefficient (Wildman–Crippen LogP) is 2.95. The van der Waals surface area contributed by atoms with E-state index in [-0.39, 0.29) is 22.4 Å². The largest absolute Gasteiger partial charge is 0.481 e. The molecule has 0 spiro atoms. The van der Waals surface area contributed by atoms with Gasteiger partial charge in [0.1, 0.15) is 11.4 Å². The SMILES string of the molecule is CC(=O)O.CNCC1CN(c2cc3c(cc2F)c(=O)c(C(=O)O)cn3C2CC2)CC1(C)C. The van der Waals surface area contributed by atoms with E-state index in [0.717, 1.165) is 39.4 Å². The summed E-state index contributed by atoms with van der Waals surface area (Å²) in [6, 6.07) is 3.12. The summed E-state index contributed by atoms with van der Waals surface area (Å²) in [7, 11) is 1.92. The van der Waals surface area contributed by atoms with E-state index < -0.39 is 23.2 Å². The summed E-state index contributed by atoms with van der Waals surface area (Å²) < 4.78 is 16.9. The molecule has 1 aromatic carbocycles. The molecule has 0 bridgehead atoms. The number of carboxylic acids is 2. The number of aromatic nitrogens is 1. The van der Waals surface area contributed by atoms with E-state index in [9.17, 15) is 14.7 Å². The minimum absolute atomic E-state index is 0.0354. The Morgan fingerprint density at radius 1 is 1.25 bits per heavy atom. The fourth-order valence-corrected chi connectivity index (χ4v) is 4.38. The van der Waals surface area contributed by atoms with Crippen LogP contribution < -0.4 is 15.6 Å². The normalized spacial score (nSPS) is 19.5. The van der Waals surface area contributed by atoms with Crippen LogP contribution in [-0.2, 0) is 4.79 Å². The molecule has 4 rings (SSSR count). The Morgan fingerprint density at radius 3 is 2.41 bits per heavy atom. The maximum Gasteiger partial charge on any atom is 0.341 e. The van der Waals surface area contributed by atoms with Crippen molar-refractivity contribution in [2.45, 2.75) is 39.7 Å². The van der Waals surface area contributed by atoms with Gasteiger partial charge in [0.05, 0.1) is 11.2 Å². The van der Waals surface area contributed by atoms with E-state index in [0.29, 0.717) is 17.1 Å². The highest BCUT2D eigenvalue weighted by molar-refractivity contribution is 5.93. The van der Waals surface area contributed by atoms with Gasteiger partial charge in [0.2, 0.25) is 5.43 Å². The molecular formula is C23H30FN3O5. The molecule has 32 heavy (non-hydrogen) atoms. The zero-order valence-electron chi connectivity index (χ0n) is 18.8. The van der Waals surface area contributed by atoms with Crippen LogP contribution in [0.4, 0.5) is 10.1 Å². The molecule has 2 fully saturated rings. The first kappa shape index (κ1) is 23.7. The smallest absolute Gasteiger partial charge is 0.341 e. The summed E-state index contributed by atoms with van der Waals surface area (Å²) in [5.41, 5.74) is 0.204. The van der Waals surface area contributed by atoms with E-state index in [4.69, 9.17) is 9.90 Å². The molecular weight excluding hydrogens is 417 g/mol. The number of halogens is 1. The Hall–Kier alpha value is -2.94. The first-order chi connectivity index (χ1) is 15.0. The fourth-order valence-electron chi connectivity index (χ4n) is 4.38. The minimum atomic E-state index is -1.28. The van der Waals surface area contributed by atoms with Crippen molar-refractivity contribution in [3.05, 3.63) is 39.9 Å². The molecule has 174 valence electrons. The molecule has 0 amide bonds. The second kappa shape index (κ2) is 8.90. The van der Waals surface area contributed by atoms with E-state index >= 15 is 4.39 Å². The number of pyridine rings is 1. The Bertz CT molecular complexity index is 1100. The van der Waals surface area contributed by atoms with E-state index in [1.54, 1.807) is 6.07 Å². The van der Waals surface area contributed by atoms with E-state index in [1.165, 1.54) is 12.3 Å². The van der Waals surface area contributed by atoms with Crippen LogP contribution in [0.15, 0.2) is 23.1 Å². The maximum absolute atomic E-state index is 15.0. The number of rotatable bonds is 5. The number of carboxylic acid groups (broad SMARTS) is 2. The lowest BCUT2D eigenvalue weighted by Crippen LogP contribution is -2.30. The number of hydrogen-bond acceptors (Lipinski definition) is 5. The van der Waals surface area contributed by atoms with Crippen molar-refractivity contribution in [2.24, 2.45) is 11.3 Å². The van der Waals surface area contributed by atoms with E-state index in [1.807, 2.05) is 16.5 Å². The second-order valence-electron chi connectivity index (χ2n) is 9.28. The van der Waals surface area contributed by atoms with Crippen molar-refractivity contribution < 1.29 is 24.2 Å². The Labute approximate surface area is 185 Å². The number of nitrogens with one attached hydrogen (secondary N) is 1. The standard InChI is InChI=1S/C21H26FN3O3.C2H4O2/c1-21(2)11-24(9-12(21)8-23-3)18-7-17-14(6-16(18)22)19(26)15(20(27)28)10-25(17)13-4-5-13;1-2(3)4/h6-7,10,12-13,23H,4-5,8-9,11H2,1-3H3,(H,27,28);1H3,(H,3,4). The first-order valence-electron chi connectivity index (χ1n) is 10.7. The van der Waals surface area contributed by atoms with Crippen LogP contribution in [0.5, 0.6) is 0 Å². The third-order valence-corrected chi connectivity index (χ3v) is 6.21. The van der Waals surface area contributed by atoms with Gasteiger partial charge in [0.15, 0.2) is 0 Å². The Kier molecular flexibility index (Phi) is 6.59. The number of carbonyl (C=O) groups is 2. The van der Waals surface area contributed by atoms with Crippen LogP contribution >= 0.6 is 0 Å². The van der Waals surface area contributed by atoms with Crippen LogP contribution in [-0.4, -0.2) is 53.4 Å². The molecule has 1 aromatic heterocycles. The topological polar surface area (TPSA) is 112 Å². The average Bonchev–Trinajstić information content (AvgIpc) is 3.47. The van der Waals surface area contributed by atoms with Crippen LogP contribution in [0.25, 0.3) is 10.9 Å². The summed E-state index contributed by atoms with van der Waals surface area (Å²) in [5, 5.41) is 20.1. The van der Waals surface area contributed by atoms with Crippen molar-refractivity contribution in [2.75, 3.05) is 31.6 Å². The molecule has 0 radical (unpaired) electrons. The molecule has 1 saturated carbocycles. The third-order valence-electron chi connectivity index (χ3n) is 6.21. The average molecular weight is 448 g/mol. The monoisotopic (exact) mass is 447 g/mol. The van der Waals surface area contributed by atoms with Crippen molar-refractivity contribution in [3.8, 4) is 0 Å². The number of fused-ring (bicyclic) bond motifs is 1. The van der Waals surface area contributed by atoms with Crippen molar-refractivity contribution >= 4 is 28.5 Å². The number of hydrogen-bond donors (Lipinski definition) is 3. The minimum Gasteiger partial charge on any atom is -0.481 e. The summed E-state index contributed by atoms with van der Waals surface area (Å²) in [4.78, 5) is 35.1. The van der Waals surface area contributed by atoms with Crippen LogP contribution in [0.1, 0.15) is 50.0 Å². The van der Waals surface area contributed by atoms with Gasteiger partial charge >= 0.3 is 5.97 Å². The highest BCUT2D eigenvalue weighted by atomic mass is 19.1. The number of benzene rings is 1. The lowest BCUT2D eigenvalue weighted by molar-refractivity contribution is -0.134. The second-order valence-corrected chi connectivity index (χ2v) is 9.28. The van der Waals surface area contributed by atoms with Gasteiger partial charge in [-0.15, -0.1) is 0 Å². The molecule has 1 atom stereocenters. The van der Waals surface area contributed by atoms with Crippen LogP contribution in [0.3, 0.4) is 0 Å². The third kappa shape index (κ3) is 4.77. The van der Waals surface area contributed by atoms with Gasteiger partial charge in [-0.05, 0) is 49.9 Å². The lowest BCUT2D eigenvalue weighted by atomic mass is 9.82. The fraction of sp³-hybridized carbons (Fsp3) is 0.522. The van der Waals surface area contributed by atoms with Gasteiger partial charge < -0.3 is 25.0 Å². The van der Waals surface area contributed by atoms with Gasteiger partial charge in [-0.25, -0.2) is 9.18 Å². The molecule has 1 aliphatic carbocycles. The molecule has 2 heterocycles. The predicted molar refractivity (Wildman–Crippen MR) is 120 cm³/mol. The summed E-state index contributed by atoms with van der Waals surface area (Å²) >= 11 is 0. The van der Waals surface area contributed by atoms with E-state index in [2.05, 4.69) is 19.2 Å². The molecule has 1 aliphatic heterocycles. The number of nitrogens with zero attached hydrogens (tertiary/aromatic N) is 2. The molecule has 2 aliphatic rings. The maximum atomic E-state index is 15.0. The van der Waals surface area contributed by atoms with Gasteiger partial charge in [0.25, 0.3) is 5.97 Å². The highest BCUT2D eigenvalue weighted by Gasteiger charge is 2.40. The first-order valence-corrected chi connectivity index (χ1v) is 10.7. The molecule has 3 N–H and O–H groups in total. The number of aromatic carboxylic acids is 1. The summed E-state index contributed by atoms with van der Waals surface area (Å²) in [5.74, 6) is -2.20. The van der Waals surface area contributed by atoms with Crippen molar-refractivity contribution in [1.29, 1.82) is 0 Å². The zero-order chi connectivity index (χ0) is 23.8. The Morgan fingerprint density at radius 2 is 1.88 bits per heavy atom. The van der Waals surface area contributed by atoms with Crippen molar-refractivity contribution in [1.82, 2.24) is 9.88 Å². The number of anilines is 1. The van der Waals surface area contributed by atoms with Crippen LogP contribution in [0, 0.1) is 17.2 Å². The lowest BCUT2D eigenvalue weighted by Gasteiger charge is -2.25. The van der Waals surface area contributed by atoms with Gasteiger partial charge in [-0.2, -0.15) is 0 Å². The molecule has 1 unspecified atom stereocenters. The van der Waals surface area contributed by atoms with Gasteiger partial charge in [0, 0.05) is 37.6 Å². The highest BCUT2D eigenvalue weighted by Crippen LogP contribution is 2.41. The molecule has 2 aromatic rings. The Balaban J connectivity index is 0.000000668. The van der Waals surface area contributed by atoms with Crippen LogP contribution in [0.2, 0.25) is 0 Å². The molecule has 9 heteroatoms.